The Kier molecular flexibility index (Phi) is 4.69. The molecular weight excluding hydrogens is 425 g/mol. The molecule has 1 N–H and O–H groups in total. The van der Waals surface area contributed by atoms with Crippen molar-refractivity contribution < 1.29 is 8.42 Å². The van der Waals surface area contributed by atoms with Crippen LogP contribution in [0.3, 0.4) is 0 Å². The first kappa shape index (κ1) is 19.7. The van der Waals surface area contributed by atoms with Crippen LogP contribution in [-0.4, -0.2) is 8.42 Å². The normalized spacial score (nSPS) is 30.5. The molecule has 0 amide bonds. The van der Waals surface area contributed by atoms with E-state index < -0.39 is 10.0 Å². The Morgan fingerprint density at radius 1 is 0.931 bits per heavy atom. The Hall–Kier alpha value is -1.23. The van der Waals surface area contributed by atoms with Crippen molar-refractivity contribution in [3.8, 4) is 0 Å². The Bertz CT molecular complexity index is 1040. The van der Waals surface area contributed by atoms with Gasteiger partial charge in [0.1, 0.15) is 4.90 Å². The molecular formula is C23H25Cl2NO2S. The topological polar surface area (TPSA) is 46.2 Å². The number of hydrogen-bond donors (Lipinski definition) is 1. The average molecular weight is 450 g/mol. The van der Waals surface area contributed by atoms with Crippen molar-refractivity contribution in [2.24, 2.45) is 17.8 Å². The maximum absolute atomic E-state index is 12.9. The first-order chi connectivity index (χ1) is 13.7. The summed E-state index contributed by atoms with van der Waals surface area (Å²) in [5.41, 5.74) is 3.22. The van der Waals surface area contributed by atoms with E-state index in [1.165, 1.54) is 56.2 Å². The van der Waals surface area contributed by atoms with E-state index in [1.54, 1.807) is 6.07 Å². The Morgan fingerprint density at radius 2 is 1.55 bits per heavy atom. The van der Waals surface area contributed by atoms with E-state index in [4.69, 9.17) is 23.2 Å². The molecule has 4 bridgehead atoms. The minimum Gasteiger partial charge on any atom is -0.279 e. The Morgan fingerprint density at radius 3 is 2.14 bits per heavy atom. The molecule has 0 saturated heterocycles. The fraction of sp³-hybridized carbons (Fsp3) is 0.478. The third kappa shape index (κ3) is 3.47. The van der Waals surface area contributed by atoms with Gasteiger partial charge >= 0.3 is 0 Å². The summed E-state index contributed by atoms with van der Waals surface area (Å²) < 4.78 is 28.5. The van der Waals surface area contributed by atoms with E-state index >= 15 is 0 Å². The van der Waals surface area contributed by atoms with Gasteiger partial charge in [0.2, 0.25) is 0 Å². The third-order valence-electron chi connectivity index (χ3n) is 7.30. The summed E-state index contributed by atoms with van der Waals surface area (Å²) >= 11 is 12.1. The van der Waals surface area contributed by atoms with Crippen LogP contribution in [0.5, 0.6) is 0 Å². The Balaban J connectivity index is 1.44. The molecule has 6 rings (SSSR count). The van der Waals surface area contributed by atoms with E-state index in [9.17, 15) is 8.42 Å². The van der Waals surface area contributed by atoms with Gasteiger partial charge in [0.05, 0.1) is 10.7 Å². The molecule has 4 fully saturated rings. The zero-order valence-electron chi connectivity index (χ0n) is 16.4. The molecule has 2 aromatic carbocycles. The lowest BCUT2D eigenvalue weighted by Gasteiger charge is -2.57. The van der Waals surface area contributed by atoms with Gasteiger partial charge in [0, 0.05) is 5.02 Å². The lowest BCUT2D eigenvalue weighted by molar-refractivity contribution is -0.00520. The molecule has 4 aliphatic carbocycles. The van der Waals surface area contributed by atoms with Gasteiger partial charge in [-0.1, -0.05) is 35.3 Å². The number of hydrogen-bond acceptors (Lipinski definition) is 2. The van der Waals surface area contributed by atoms with Crippen molar-refractivity contribution >= 4 is 38.9 Å². The van der Waals surface area contributed by atoms with Crippen molar-refractivity contribution in [2.75, 3.05) is 4.72 Å². The monoisotopic (exact) mass is 449 g/mol. The standard InChI is InChI=1S/C23H25Cl2NO2S/c1-14-6-18(23-11-15-7-16(12-23)9-17(8-15)13-23)2-5-21(14)26-29(27,28)22-10-19(24)3-4-20(22)25/h2-6,10,15-17,26H,7-9,11-13H2,1H3. The van der Waals surface area contributed by atoms with Gasteiger partial charge in [-0.05, 0) is 104 Å². The van der Waals surface area contributed by atoms with Crippen LogP contribution in [0.25, 0.3) is 0 Å². The quantitative estimate of drug-likeness (QED) is 0.573. The van der Waals surface area contributed by atoms with Crippen LogP contribution in [0.1, 0.15) is 49.7 Å². The van der Waals surface area contributed by atoms with Gasteiger partial charge < -0.3 is 0 Å². The Labute approximate surface area is 182 Å². The molecule has 4 aliphatic rings. The van der Waals surface area contributed by atoms with Crippen LogP contribution in [0.2, 0.25) is 10.0 Å². The average Bonchev–Trinajstić information content (AvgIpc) is 2.64. The van der Waals surface area contributed by atoms with Crippen molar-refractivity contribution in [3.63, 3.8) is 0 Å². The number of benzene rings is 2. The summed E-state index contributed by atoms with van der Waals surface area (Å²) in [6, 6.07) is 10.7. The highest BCUT2D eigenvalue weighted by Gasteiger charge is 2.51. The first-order valence-electron chi connectivity index (χ1n) is 10.3. The molecule has 0 radical (unpaired) electrons. The minimum absolute atomic E-state index is 0.00349. The SMILES string of the molecule is Cc1cc(C23CC4CC(CC(C4)C2)C3)ccc1NS(=O)(=O)c1cc(Cl)ccc1Cl. The fourth-order valence-electron chi connectivity index (χ4n) is 6.46. The predicted molar refractivity (Wildman–Crippen MR) is 118 cm³/mol. The van der Waals surface area contributed by atoms with E-state index in [0.29, 0.717) is 16.1 Å². The van der Waals surface area contributed by atoms with Crippen LogP contribution >= 0.6 is 23.2 Å². The number of nitrogens with one attached hydrogen (secondary N) is 1. The second-order valence-corrected chi connectivity index (χ2v) is 11.9. The predicted octanol–water partition coefficient (Wildman–Crippen LogP) is 6.57. The highest BCUT2D eigenvalue weighted by Crippen LogP contribution is 2.60. The van der Waals surface area contributed by atoms with Gasteiger partial charge in [-0.3, -0.25) is 4.72 Å². The second kappa shape index (κ2) is 6.90. The summed E-state index contributed by atoms with van der Waals surface area (Å²) in [6.45, 7) is 1.97. The lowest BCUT2D eigenvalue weighted by Crippen LogP contribution is -2.48. The highest BCUT2D eigenvalue weighted by molar-refractivity contribution is 7.92. The number of sulfonamides is 1. The minimum atomic E-state index is -3.81. The summed E-state index contributed by atoms with van der Waals surface area (Å²) in [4.78, 5) is -0.00349. The van der Waals surface area contributed by atoms with Crippen molar-refractivity contribution in [1.29, 1.82) is 0 Å². The molecule has 29 heavy (non-hydrogen) atoms. The van der Waals surface area contributed by atoms with Crippen LogP contribution in [-0.2, 0) is 15.4 Å². The van der Waals surface area contributed by atoms with Gasteiger partial charge in [0.15, 0.2) is 0 Å². The molecule has 6 heteroatoms. The fourth-order valence-corrected chi connectivity index (χ4v) is 8.35. The maximum atomic E-state index is 12.9. The summed E-state index contributed by atoms with van der Waals surface area (Å²) in [6.07, 6.45) is 8.12. The summed E-state index contributed by atoms with van der Waals surface area (Å²) in [5.74, 6) is 2.64. The van der Waals surface area contributed by atoms with Crippen LogP contribution in [0.15, 0.2) is 41.3 Å². The summed E-state index contributed by atoms with van der Waals surface area (Å²) in [7, 11) is -3.81. The van der Waals surface area contributed by atoms with E-state index in [2.05, 4.69) is 16.9 Å². The molecule has 0 spiro atoms. The number of halogens is 2. The van der Waals surface area contributed by atoms with Crippen LogP contribution in [0.4, 0.5) is 5.69 Å². The van der Waals surface area contributed by atoms with E-state index in [1.807, 2.05) is 13.0 Å². The highest BCUT2D eigenvalue weighted by atomic mass is 35.5. The molecule has 154 valence electrons. The molecule has 0 heterocycles. The van der Waals surface area contributed by atoms with Crippen LogP contribution in [0, 0.1) is 24.7 Å². The molecule has 4 saturated carbocycles. The number of aryl methyl sites for hydroxylation is 1. The van der Waals surface area contributed by atoms with Gasteiger partial charge in [-0.2, -0.15) is 0 Å². The largest absolute Gasteiger partial charge is 0.279 e. The zero-order valence-corrected chi connectivity index (χ0v) is 18.7. The number of anilines is 1. The molecule has 2 aromatic rings. The van der Waals surface area contributed by atoms with Crippen molar-refractivity contribution in [3.05, 3.63) is 57.6 Å². The molecule has 0 aromatic heterocycles. The van der Waals surface area contributed by atoms with Crippen LogP contribution < -0.4 is 4.72 Å². The first-order valence-corrected chi connectivity index (χ1v) is 12.6. The van der Waals surface area contributed by atoms with Crippen molar-refractivity contribution in [2.45, 2.75) is 55.8 Å². The molecule has 0 unspecified atom stereocenters. The van der Waals surface area contributed by atoms with Crippen molar-refractivity contribution in [1.82, 2.24) is 0 Å². The van der Waals surface area contributed by atoms with Gasteiger partial charge in [0.25, 0.3) is 10.0 Å². The van der Waals surface area contributed by atoms with Gasteiger partial charge in [-0.15, -0.1) is 0 Å². The third-order valence-corrected chi connectivity index (χ3v) is 9.39. The molecule has 0 aliphatic heterocycles. The smallest absolute Gasteiger partial charge is 0.263 e. The van der Waals surface area contributed by atoms with E-state index in [0.717, 1.165) is 23.3 Å². The molecule has 0 atom stereocenters. The maximum Gasteiger partial charge on any atom is 0.263 e. The second-order valence-electron chi connectivity index (χ2n) is 9.41. The zero-order chi connectivity index (χ0) is 20.4. The summed E-state index contributed by atoms with van der Waals surface area (Å²) in [5, 5.41) is 0.494. The lowest BCUT2D eigenvalue weighted by atomic mass is 9.48. The number of rotatable bonds is 4. The van der Waals surface area contributed by atoms with Gasteiger partial charge in [-0.25, -0.2) is 8.42 Å². The molecule has 3 nitrogen and oxygen atoms in total. The van der Waals surface area contributed by atoms with E-state index in [-0.39, 0.29) is 9.92 Å².